The predicted molar refractivity (Wildman–Crippen MR) is 103 cm³/mol. The molecule has 0 aromatic heterocycles. The van der Waals surface area contributed by atoms with Crippen molar-refractivity contribution in [3.8, 4) is 0 Å². The van der Waals surface area contributed by atoms with Crippen LogP contribution in [0.3, 0.4) is 0 Å². The largest absolute Gasteiger partial charge is 0.274 e. The van der Waals surface area contributed by atoms with Gasteiger partial charge in [-0.15, -0.1) is 0 Å². The van der Waals surface area contributed by atoms with Crippen LogP contribution in [0.1, 0.15) is 18.0 Å². The fourth-order valence-corrected chi connectivity index (χ4v) is 4.87. The highest BCUT2D eigenvalue weighted by Crippen LogP contribution is 2.49. The van der Waals surface area contributed by atoms with Gasteiger partial charge in [-0.1, -0.05) is 35.3 Å². The molecule has 0 radical (unpaired) electrons. The molecule has 0 spiro atoms. The minimum Gasteiger partial charge on any atom is -0.274 e. The maximum atomic E-state index is 13.4. The van der Waals surface area contributed by atoms with Gasteiger partial charge in [-0.25, -0.2) is 14.9 Å². The van der Waals surface area contributed by atoms with Crippen LogP contribution in [0, 0.1) is 5.92 Å². The highest BCUT2D eigenvalue weighted by molar-refractivity contribution is 6.31. The molecule has 0 unspecified atom stereocenters. The summed E-state index contributed by atoms with van der Waals surface area (Å²) in [4.78, 5) is 27.9. The number of amides is 2. The Labute approximate surface area is 167 Å². The van der Waals surface area contributed by atoms with Gasteiger partial charge < -0.3 is 0 Å². The molecule has 0 N–H and O–H groups in total. The van der Waals surface area contributed by atoms with Gasteiger partial charge >= 0.3 is 0 Å². The first-order chi connectivity index (χ1) is 13.1. The molecule has 0 saturated carbocycles. The van der Waals surface area contributed by atoms with E-state index in [0.29, 0.717) is 15.7 Å². The minimum atomic E-state index is -0.448. The Balaban J connectivity index is 1.57. The first-order valence-electron chi connectivity index (χ1n) is 8.98. The lowest BCUT2D eigenvalue weighted by molar-refractivity contribution is -0.126. The maximum Gasteiger partial charge on any atom is 0.253 e. The van der Waals surface area contributed by atoms with Crippen molar-refractivity contribution in [3.05, 3.63) is 64.1 Å². The third kappa shape index (κ3) is 2.53. The normalized spacial score (nSPS) is 28.1. The van der Waals surface area contributed by atoms with E-state index in [9.17, 15) is 9.59 Å². The summed E-state index contributed by atoms with van der Waals surface area (Å²) >= 11 is 12.0. The molecule has 3 saturated heterocycles. The summed E-state index contributed by atoms with van der Waals surface area (Å²) in [6, 6.07) is 13.8. The summed E-state index contributed by atoms with van der Waals surface area (Å²) in [6.45, 7) is 1.64. The Bertz CT molecular complexity index is 916. The molecule has 5 rings (SSSR count). The molecular formula is C20H17Cl2N3O2. The molecule has 7 heteroatoms. The van der Waals surface area contributed by atoms with Crippen molar-refractivity contribution in [2.24, 2.45) is 5.92 Å². The molecule has 5 nitrogen and oxygen atoms in total. The minimum absolute atomic E-state index is 0.150. The molecule has 27 heavy (non-hydrogen) atoms. The van der Waals surface area contributed by atoms with E-state index >= 15 is 0 Å². The first kappa shape index (κ1) is 17.2. The highest BCUT2D eigenvalue weighted by atomic mass is 35.5. The van der Waals surface area contributed by atoms with Gasteiger partial charge in [-0.05, 0) is 48.4 Å². The smallest absolute Gasteiger partial charge is 0.253 e. The molecule has 2 aromatic rings. The fourth-order valence-electron chi connectivity index (χ4n) is 4.62. The van der Waals surface area contributed by atoms with Crippen LogP contribution >= 0.6 is 23.2 Å². The molecule has 3 fully saturated rings. The Hall–Kier alpha value is -1.92. The van der Waals surface area contributed by atoms with Crippen LogP contribution in [0.4, 0.5) is 5.69 Å². The standard InChI is InChI=1S/C20H17Cl2N3O2/c21-13-4-2-12(3-5-13)17-16-18(24-11-1-10-23(17)24)20(27)25(19(16)26)15-8-6-14(22)7-9-15/h2-9,16-18H,1,10-11H2/t16-,17-,18-/m0/s1. The van der Waals surface area contributed by atoms with Gasteiger partial charge in [-0.2, -0.15) is 0 Å². The average molecular weight is 402 g/mol. The number of fused-ring (bicyclic) bond motifs is 3. The van der Waals surface area contributed by atoms with Gasteiger partial charge in [0.15, 0.2) is 0 Å². The molecular weight excluding hydrogens is 385 g/mol. The molecule has 3 atom stereocenters. The summed E-state index contributed by atoms with van der Waals surface area (Å²) in [5, 5.41) is 5.50. The van der Waals surface area contributed by atoms with E-state index < -0.39 is 12.0 Å². The van der Waals surface area contributed by atoms with E-state index in [1.807, 2.05) is 24.3 Å². The third-order valence-electron chi connectivity index (χ3n) is 5.70. The van der Waals surface area contributed by atoms with E-state index in [0.717, 1.165) is 25.1 Å². The van der Waals surface area contributed by atoms with Gasteiger partial charge in [0.05, 0.1) is 17.6 Å². The van der Waals surface area contributed by atoms with Crippen LogP contribution in [0.15, 0.2) is 48.5 Å². The Morgan fingerprint density at radius 1 is 0.741 bits per heavy atom. The van der Waals surface area contributed by atoms with Crippen molar-refractivity contribution in [3.63, 3.8) is 0 Å². The number of anilines is 1. The number of nitrogens with zero attached hydrogens (tertiary/aromatic N) is 3. The molecule has 138 valence electrons. The summed E-state index contributed by atoms with van der Waals surface area (Å²) < 4.78 is 0. The zero-order chi connectivity index (χ0) is 18.7. The number of hydrogen-bond donors (Lipinski definition) is 0. The second kappa shape index (κ2) is 6.31. The third-order valence-corrected chi connectivity index (χ3v) is 6.21. The van der Waals surface area contributed by atoms with Crippen LogP contribution in [-0.4, -0.2) is 41.0 Å². The molecule has 2 amide bonds. The van der Waals surface area contributed by atoms with E-state index in [-0.39, 0.29) is 17.9 Å². The van der Waals surface area contributed by atoms with E-state index in [4.69, 9.17) is 23.2 Å². The Kier molecular flexibility index (Phi) is 4.02. The van der Waals surface area contributed by atoms with Crippen molar-refractivity contribution in [2.45, 2.75) is 18.5 Å². The predicted octanol–water partition coefficient (Wildman–Crippen LogP) is 3.53. The zero-order valence-corrected chi connectivity index (χ0v) is 15.9. The van der Waals surface area contributed by atoms with Crippen molar-refractivity contribution in [2.75, 3.05) is 18.0 Å². The van der Waals surface area contributed by atoms with E-state index in [1.54, 1.807) is 24.3 Å². The number of rotatable bonds is 2. The summed E-state index contributed by atoms with van der Waals surface area (Å²) in [5.74, 6) is -0.730. The van der Waals surface area contributed by atoms with Crippen LogP contribution in [0.5, 0.6) is 0 Å². The number of benzene rings is 2. The number of carbonyl (C=O) groups is 2. The van der Waals surface area contributed by atoms with Gasteiger partial charge in [-0.3, -0.25) is 9.59 Å². The van der Waals surface area contributed by atoms with Crippen molar-refractivity contribution < 1.29 is 9.59 Å². The van der Waals surface area contributed by atoms with Crippen LogP contribution in [0.2, 0.25) is 10.0 Å². The second-order valence-corrected chi connectivity index (χ2v) is 8.01. The first-order valence-corrected chi connectivity index (χ1v) is 9.74. The zero-order valence-electron chi connectivity index (χ0n) is 14.4. The highest BCUT2D eigenvalue weighted by Gasteiger charge is 2.62. The lowest BCUT2D eigenvalue weighted by Gasteiger charge is -2.29. The summed E-state index contributed by atoms with van der Waals surface area (Å²) in [7, 11) is 0. The van der Waals surface area contributed by atoms with Gasteiger partial charge in [0.25, 0.3) is 5.91 Å². The number of imide groups is 1. The number of hydrogen-bond acceptors (Lipinski definition) is 4. The van der Waals surface area contributed by atoms with Crippen molar-refractivity contribution in [1.82, 2.24) is 10.0 Å². The number of halogens is 2. The molecule has 3 heterocycles. The SMILES string of the molecule is O=C1[C@@H]2[C@@H](C(=O)N1c1ccc(Cl)cc1)N1CCCN1[C@H]2c1ccc(Cl)cc1. The average Bonchev–Trinajstić information content (AvgIpc) is 3.30. The van der Waals surface area contributed by atoms with E-state index in [1.165, 1.54) is 4.90 Å². The molecule has 3 aliphatic heterocycles. The molecule has 0 bridgehead atoms. The lowest BCUT2D eigenvalue weighted by atomic mass is 9.90. The fraction of sp³-hybridized carbons (Fsp3) is 0.300. The second-order valence-electron chi connectivity index (χ2n) is 7.14. The number of hydrazine groups is 1. The maximum absolute atomic E-state index is 13.4. The quantitative estimate of drug-likeness (QED) is 0.721. The van der Waals surface area contributed by atoms with Crippen LogP contribution in [0.25, 0.3) is 0 Å². The summed E-state index contributed by atoms with van der Waals surface area (Å²) in [5.41, 5.74) is 1.59. The van der Waals surface area contributed by atoms with Gasteiger partial charge in [0.1, 0.15) is 6.04 Å². The number of carbonyl (C=O) groups excluding carboxylic acids is 2. The van der Waals surface area contributed by atoms with Crippen molar-refractivity contribution in [1.29, 1.82) is 0 Å². The lowest BCUT2D eigenvalue weighted by Crippen LogP contribution is -2.44. The van der Waals surface area contributed by atoms with Gasteiger partial charge in [0, 0.05) is 23.1 Å². The van der Waals surface area contributed by atoms with Crippen molar-refractivity contribution >= 4 is 40.7 Å². The Morgan fingerprint density at radius 2 is 1.30 bits per heavy atom. The van der Waals surface area contributed by atoms with E-state index in [2.05, 4.69) is 10.0 Å². The topological polar surface area (TPSA) is 43.9 Å². The molecule has 3 aliphatic rings. The molecule has 0 aliphatic carbocycles. The Morgan fingerprint density at radius 3 is 1.93 bits per heavy atom. The summed E-state index contributed by atoms with van der Waals surface area (Å²) in [6.07, 6.45) is 0.982. The van der Waals surface area contributed by atoms with Gasteiger partial charge in [0.2, 0.25) is 5.91 Å². The monoisotopic (exact) mass is 401 g/mol. The molecule has 2 aromatic carbocycles. The van der Waals surface area contributed by atoms with Crippen LogP contribution in [-0.2, 0) is 9.59 Å². The van der Waals surface area contributed by atoms with Crippen LogP contribution < -0.4 is 4.90 Å².